The van der Waals surface area contributed by atoms with Crippen molar-refractivity contribution < 1.29 is 4.74 Å². The van der Waals surface area contributed by atoms with Gasteiger partial charge in [-0.2, -0.15) is 0 Å². The van der Waals surface area contributed by atoms with E-state index in [1.165, 1.54) is 12.1 Å². The normalized spacial score (nSPS) is 21.3. The Morgan fingerprint density at radius 3 is 3.36 bits per heavy atom. The van der Waals surface area contributed by atoms with Crippen LogP contribution in [0.5, 0.6) is 0 Å². The monoisotopic (exact) mass is 209 g/mol. The van der Waals surface area contributed by atoms with Crippen molar-refractivity contribution in [2.75, 3.05) is 6.61 Å². The van der Waals surface area contributed by atoms with E-state index in [4.69, 9.17) is 4.74 Å². The van der Waals surface area contributed by atoms with Gasteiger partial charge in [-0.3, -0.25) is 0 Å². The SMILES string of the molecule is C=CCCc1csc([C@H]2CCCO2)n1. The number of aromatic nitrogens is 1. The van der Waals surface area contributed by atoms with Gasteiger partial charge in [-0.25, -0.2) is 4.98 Å². The Morgan fingerprint density at radius 1 is 1.71 bits per heavy atom. The number of hydrogen-bond donors (Lipinski definition) is 0. The molecule has 76 valence electrons. The molecule has 1 aromatic rings. The lowest BCUT2D eigenvalue weighted by atomic mass is 10.2. The minimum atomic E-state index is 0.275. The first-order valence-corrected chi connectivity index (χ1v) is 5.95. The topological polar surface area (TPSA) is 22.1 Å². The molecule has 1 aromatic heterocycles. The summed E-state index contributed by atoms with van der Waals surface area (Å²) >= 11 is 1.73. The van der Waals surface area contributed by atoms with Crippen molar-refractivity contribution in [1.29, 1.82) is 0 Å². The first-order valence-electron chi connectivity index (χ1n) is 5.07. The Labute approximate surface area is 88.6 Å². The van der Waals surface area contributed by atoms with Crippen LogP contribution >= 0.6 is 11.3 Å². The Morgan fingerprint density at radius 2 is 2.64 bits per heavy atom. The minimum absolute atomic E-state index is 0.275. The van der Waals surface area contributed by atoms with Crippen molar-refractivity contribution in [3.8, 4) is 0 Å². The minimum Gasteiger partial charge on any atom is -0.371 e. The molecule has 3 heteroatoms. The van der Waals surface area contributed by atoms with Crippen molar-refractivity contribution >= 4 is 11.3 Å². The van der Waals surface area contributed by atoms with Crippen LogP contribution in [0, 0.1) is 0 Å². The molecule has 0 radical (unpaired) electrons. The lowest BCUT2D eigenvalue weighted by Crippen LogP contribution is -1.95. The van der Waals surface area contributed by atoms with Crippen molar-refractivity contribution in [1.82, 2.24) is 4.98 Å². The number of nitrogens with zero attached hydrogens (tertiary/aromatic N) is 1. The Hall–Kier alpha value is -0.670. The average molecular weight is 209 g/mol. The number of rotatable bonds is 4. The van der Waals surface area contributed by atoms with Gasteiger partial charge in [0, 0.05) is 12.0 Å². The van der Waals surface area contributed by atoms with E-state index in [1.807, 2.05) is 6.08 Å². The summed E-state index contributed by atoms with van der Waals surface area (Å²) in [5.41, 5.74) is 1.18. The van der Waals surface area contributed by atoms with Crippen LogP contribution in [-0.4, -0.2) is 11.6 Å². The van der Waals surface area contributed by atoms with Gasteiger partial charge in [-0.05, 0) is 25.7 Å². The first kappa shape index (κ1) is 9.87. The van der Waals surface area contributed by atoms with Gasteiger partial charge in [0.25, 0.3) is 0 Å². The maximum atomic E-state index is 5.58. The molecule has 1 fully saturated rings. The molecule has 0 aliphatic carbocycles. The third-order valence-electron chi connectivity index (χ3n) is 2.38. The predicted molar refractivity (Wildman–Crippen MR) is 58.6 cm³/mol. The van der Waals surface area contributed by atoms with Gasteiger partial charge in [0.05, 0.1) is 5.69 Å². The van der Waals surface area contributed by atoms with E-state index in [1.54, 1.807) is 11.3 Å². The predicted octanol–water partition coefficient (Wildman–Crippen LogP) is 3.11. The van der Waals surface area contributed by atoms with Gasteiger partial charge in [0.15, 0.2) is 0 Å². The van der Waals surface area contributed by atoms with E-state index in [-0.39, 0.29) is 6.10 Å². The number of hydrogen-bond acceptors (Lipinski definition) is 3. The molecule has 0 spiro atoms. The van der Waals surface area contributed by atoms with Gasteiger partial charge in [0.2, 0.25) is 0 Å². The summed E-state index contributed by atoms with van der Waals surface area (Å²) in [6.45, 7) is 4.61. The number of allylic oxidation sites excluding steroid dienone is 1. The van der Waals surface area contributed by atoms with Gasteiger partial charge in [-0.15, -0.1) is 17.9 Å². The largest absolute Gasteiger partial charge is 0.371 e. The van der Waals surface area contributed by atoms with Crippen LogP contribution in [0.2, 0.25) is 0 Å². The van der Waals surface area contributed by atoms with Crippen LogP contribution in [0.3, 0.4) is 0 Å². The molecule has 0 N–H and O–H groups in total. The van der Waals surface area contributed by atoms with Crippen LogP contribution in [0.4, 0.5) is 0 Å². The summed E-state index contributed by atoms with van der Waals surface area (Å²) in [6, 6.07) is 0. The van der Waals surface area contributed by atoms with E-state index in [0.29, 0.717) is 0 Å². The van der Waals surface area contributed by atoms with Crippen LogP contribution in [0.1, 0.15) is 36.1 Å². The molecule has 1 atom stereocenters. The maximum absolute atomic E-state index is 5.58. The summed E-state index contributed by atoms with van der Waals surface area (Å²) in [5, 5.41) is 3.29. The standard InChI is InChI=1S/C11H15NOS/c1-2-3-5-9-8-14-11(12-9)10-6-4-7-13-10/h2,8,10H,1,3-7H2/t10-/m1/s1. The summed E-state index contributed by atoms with van der Waals surface area (Å²) in [7, 11) is 0. The van der Waals surface area contributed by atoms with Gasteiger partial charge < -0.3 is 4.74 Å². The zero-order valence-electron chi connectivity index (χ0n) is 8.24. The molecular weight excluding hydrogens is 194 g/mol. The van der Waals surface area contributed by atoms with E-state index in [9.17, 15) is 0 Å². The summed E-state index contributed by atoms with van der Waals surface area (Å²) < 4.78 is 5.58. The third-order valence-corrected chi connectivity index (χ3v) is 3.36. The van der Waals surface area contributed by atoms with Gasteiger partial charge in [0.1, 0.15) is 11.1 Å². The second-order valence-corrected chi connectivity index (χ2v) is 4.40. The number of aryl methyl sites for hydroxylation is 1. The highest BCUT2D eigenvalue weighted by molar-refractivity contribution is 7.09. The van der Waals surface area contributed by atoms with Crippen molar-refractivity contribution in [2.45, 2.75) is 31.8 Å². The molecule has 2 rings (SSSR count). The van der Waals surface area contributed by atoms with E-state index in [0.717, 1.165) is 30.9 Å². The van der Waals surface area contributed by atoms with Crippen LogP contribution in [0.25, 0.3) is 0 Å². The fourth-order valence-corrected chi connectivity index (χ4v) is 2.54. The summed E-state index contributed by atoms with van der Waals surface area (Å²) in [5.74, 6) is 0. The molecule has 0 aromatic carbocycles. The fourth-order valence-electron chi connectivity index (χ4n) is 1.61. The Bertz CT molecular complexity index is 302. The van der Waals surface area contributed by atoms with E-state index in [2.05, 4.69) is 16.9 Å². The molecule has 0 bridgehead atoms. The molecule has 14 heavy (non-hydrogen) atoms. The molecular formula is C11H15NOS. The summed E-state index contributed by atoms with van der Waals surface area (Å²) in [4.78, 5) is 4.58. The number of ether oxygens (including phenoxy) is 1. The second-order valence-electron chi connectivity index (χ2n) is 3.51. The second kappa shape index (κ2) is 4.71. The molecule has 0 saturated carbocycles. The molecule has 0 unspecified atom stereocenters. The van der Waals surface area contributed by atoms with Crippen molar-refractivity contribution in [3.63, 3.8) is 0 Å². The van der Waals surface area contributed by atoms with E-state index >= 15 is 0 Å². The van der Waals surface area contributed by atoms with Crippen LogP contribution in [-0.2, 0) is 11.2 Å². The van der Waals surface area contributed by atoms with E-state index < -0.39 is 0 Å². The Balaban J connectivity index is 1.97. The molecule has 1 aliphatic rings. The zero-order chi connectivity index (χ0) is 9.80. The average Bonchev–Trinajstić information content (AvgIpc) is 2.85. The van der Waals surface area contributed by atoms with Gasteiger partial charge in [-0.1, -0.05) is 6.08 Å². The molecule has 1 aliphatic heterocycles. The lowest BCUT2D eigenvalue weighted by Gasteiger charge is -2.03. The highest BCUT2D eigenvalue weighted by Gasteiger charge is 2.20. The molecule has 1 saturated heterocycles. The zero-order valence-corrected chi connectivity index (χ0v) is 9.05. The fraction of sp³-hybridized carbons (Fsp3) is 0.545. The first-order chi connectivity index (χ1) is 6.90. The Kier molecular flexibility index (Phi) is 3.32. The number of thiazole rings is 1. The molecule has 2 nitrogen and oxygen atoms in total. The highest BCUT2D eigenvalue weighted by atomic mass is 32.1. The third kappa shape index (κ3) is 2.22. The highest BCUT2D eigenvalue weighted by Crippen LogP contribution is 2.30. The molecule has 0 amide bonds. The molecule has 2 heterocycles. The maximum Gasteiger partial charge on any atom is 0.122 e. The van der Waals surface area contributed by atoms with Crippen LogP contribution < -0.4 is 0 Å². The smallest absolute Gasteiger partial charge is 0.122 e. The van der Waals surface area contributed by atoms with Crippen LogP contribution in [0.15, 0.2) is 18.0 Å². The van der Waals surface area contributed by atoms with Crippen molar-refractivity contribution in [2.24, 2.45) is 0 Å². The van der Waals surface area contributed by atoms with Gasteiger partial charge >= 0.3 is 0 Å². The summed E-state index contributed by atoms with van der Waals surface area (Å²) in [6.07, 6.45) is 6.53. The van der Waals surface area contributed by atoms with Crippen molar-refractivity contribution in [3.05, 3.63) is 28.7 Å². The quantitative estimate of drug-likeness (QED) is 0.711. The lowest BCUT2D eigenvalue weighted by molar-refractivity contribution is 0.111.